The van der Waals surface area contributed by atoms with Crippen LogP contribution in [0.5, 0.6) is 11.5 Å². The second-order valence-electron chi connectivity index (χ2n) is 9.72. The van der Waals surface area contributed by atoms with Gasteiger partial charge in [-0.3, -0.25) is 4.79 Å². The highest BCUT2D eigenvalue weighted by Crippen LogP contribution is 2.36. The van der Waals surface area contributed by atoms with Crippen molar-refractivity contribution in [2.24, 2.45) is 16.9 Å². The number of hydrogen-bond acceptors (Lipinski definition) is 6. The molecule has 0 bridgehead atoms. The minimum atomic E-state index is -0.283. The van der Waals surface area contributed by atoms with Gasteiger partial charge in [0.25, 0.3) is 5.91 Å². The Kier molecular flexibility index (Phi) is 7.09. The summed E-state index contributed by atoms with van der Waals surface area (Å²) in [6.07, 6.45) is 6.21. The van der Waals surface area contributed by atoms with Crippen LogP contribution in [0.1, 0.15) is 34.3 Å². The molecule has 190 valence electrons. The van der Waals surface area contributed by atoms with Crippen molar-refractivity contribution in [3.63, 3.8) is 0 Å². The van der Waals surface area contributed by atoms with E-state index in [1.807, 2.05) is 42.5 Å². The number of benzene rings is 2. The van der Waals surface area contributed by atoms with Crippen LogP contribution in [-0.4, -0.2) is 68.3 Å². The van der Waals surface area contributed by atoms with Gasteiger partial charge in [0.2, 0.25) is 0 Å². The fraction of sp³-hybridized carbons (Fsp3) is 0.429. The number of hydrazone groups is 1. The van der Waals surface area contributed by atoms with Crippen molar-refractivity contribution in [1.29, 1.82) is 0 Å². The second-order valence-corrected chi connectivity index (χ2v) is 9.72. The van der Waals surface area contributed by atoms with Gasteiger partial charge in [0, 0.05) is 29.2 Å². The Morgan fingerprint density at radius 2 is 1.78 bits per heavy atom. The minimum absolute atomic E-state index is 0.134. The largest absolute Gasteiger partial charge is 0.632 e. The predicted octanol–water partition coefficient (Wildman–Crippen LogP) is 3.99. The number of methoxy groups -OCH3 is 2. The topological polar surface area (TPSA) is 83.4 Å². The Morgan fingerprint density at radius 3 is 2.50 bits per heavy atom. The molecule has 2 atom stereocenters. The van der Waals surface area contributed by atoms with Gasteiger partial charge in [0.1, 0.15) is 19.6 Å². The maximum Gasteiger partial charge on any atom is 0.273 e. The van der Waals surface area contributed by atoms with Crippen molar-refractivity contribution in [3.8, 4) is 11.5 Å². The summed E-state index contributed by atoms with van der Waals surface area (Å²) in [4.78, 5) is 13.5. The van der Waals surface area contributed by atoms with E-state index in [1.54, 1.807) is 19.2 Å². The highest BCUT2D eigenvalue weighted by atomic mass is 16.6. The summed E-state index contributed by atoms with van der Waals surface area (Å²) in [5, 5.41) is 19.4. The quantitative estimate of drug-likeness (QED) is 0.347. The first-order chi connectivity index (χ1) is 17.5. The average Bonchev–Trinajstić information content (AvgIpc) is 2.92. The number of carbonyl (C=O) groups is 1. The molecule has 0 radical (unpaired) electrons. The van der Waals surface area contributed by atoms with Gasteiger partial charge in [-0.05, 0) is 49.1 Å². The molecule has 1 aliphatic carbocycles. The lowest BCUT2D eigenvalue weighted by molar-refractivity contribution is -0.901. The maximum absolute atomic E-state index is 13.5. The van der Waals surface area contributed by atoms with Gasteiger partial charge in [0.15, 0.2) is 11.5 Å². The molecule has 2 aliphatic heterocycles. The van der Waals surface area contributed by atoms with Crippen LogP contribution < -0.4 is 9.47 Å². The summed E-state index contributed by atoms with van der Waals surface area (Å²) in [5.41, 5.74) is 3.32. The summed E-state index contributed by atoms with van der Waals surface area (Å²) in [6, 6.07) is 13.2. The van der Waals surface area contributed by atoms with Crippen LogP contribution in [-0.2, 0) is 11.3 Å². The minimum Gasteiger partial charge on any atom is -0.632 e. The third kappa shape index (κ3) is 5.02. The maximum atomic E-state index is 13.5. The summed E-state index contributed by atoms with van der Waals surface area (Å²) >= 11 is 0. The molecule has 0 saturated carbocycles. The molecule has 8 heteroatoms. The zero-order valence-electron chi connectivity index (χ0n) is 20.9. The molecule has 2 aromatic carbocycles. The van der Waals surface area contributed by atoms with Crippen molar-refractivity contribution in [2.45, 2.75) is 19.4 Å². The average molecular weight is 492 g/mol. The molecule has 1 saturated heterocycles. The molecule has 8 nitrogen and oxygen atoms in total. The van der Waals surface area contributed by atoms with Crippen LogP contribution in [0.15, 0.2) is 59.7 Å². The zero-order valence-corrected chi connectivity index (χ0v) is 20.9. The number of quaternary nitrogens is 1. The van der Waals surface area contributed by atoms with Gasteiger partial charge >= 0.3 is 0 Å². The summed E-state index contributed by atoms with van der Waals surface area (Å²) in [7, 11) is 3.23. The second kappa shape index (κ2) is 10.4. The summed E-state index contributed by atoms with van der Waals surface area (Å²) < 4.78 is 16.0. The van der Waals surface area contributed by atoms with Crippen molar-refractivity contribution >= 4 is 11.6 Å². The molecule has 2 heterocycles. The summed E-state index contributed by atoms with van der Waals surface area (Å²) in [5.74, 6) is 1.70. The van der Waals surface area contributed by atoms with E-state index in [0.29, 0.717) is 62.4 Å². The number of rotatable bonds is 6. The van der Waals surface area contributed by atoms with E-state index < -0.39 is 0 Å². The first kappa shape index (κ1) is 24.5. The van der Waals surface area contributed by atoms with E-state index in [1.165, 1.54) is 0 Å². The molecular weight excluding hydrogens is 458 g/mol. The van der Waals surface area contributed by atoms with E-state index >= 15 is 0 Å². The molecule has 2 aromatic rings. The fourth-order valence-electron chi connectivity index (χ4n) is 5.34. The molecule has 2 unspecified atom stereocenters. The third-order valence-electron chi connectivity index (χ3n) is 7.42. The third-order valence-corrected chi connectivity index (χ3v) is 7.42. The smallest absolute Gasteiger partial charge is 0.273 e. The summed E-state index contributed by atoms with van der Waals surface area (Å²) in [6.45, 7) is 2.87. The molecule has 5 rings (SSSR count). The molecule has 0 N–H and O–H groups in total. The Balaban J connectivity index is 1.39. The van der Waals surface area contributed by atoms with Crippen molar-refractivity contribution in [2.75, 3.05) is 47.1 Å². The molecule has 3 aliphatic rings. The highest BCUT2D eigenvalue weighted by Gasteiger charge is 2.36. The normalized spacial score (nSPS) is 23.0. The van der Waals surface area contributed by atoms with E-state index in [-0.39, 0.29) is 16.5 Å². The number of allylic oxidation sites excluding steroid dienone is 2. The molecule has 0 aromatic heterocycles. The number of fused-ring (bicyclic) bond motifs is 1. The monoisotopic (exact) mass is 491 g/mol. The number of hydrogen-bond donors (Lipinski definition) is 0. The first-order valence-corrected chi connectivity index (χ1v) is 12.5. The van der Waals surface area contributed by atoms with Gasteiger partial charge in [-0.15, -0.1) is 0 Å². The highest BCUT2D eigenvalue weighted by molar-refractivity contribution is 6.05. The number of hydroxylamine groups is 3. The van der Waals surface area contributed by atoms with Gasteiger partial charge in [-0.25, -0.2) is 5.01 Å². The SMILES string of the molecule is COc1ccc(C2=NN(C(=O)c3ccc(C[N+]4([O-])CCOCC4)cc3)CC3CC=CCC23)cc1OC. The number of amides is 1. The van der Waals surface area contributed by atoms with Gasteiger partial charge in [-0.1, -0.05) is 24.3 Å². The van der Waals surface area contributed by atoms with E-state index in [2.05, 4.69) is 12.2 Å². The van der Waals surface area contributed by atoms with Crippen LogP contribution in [0.2, 0.25) is 0 Å². The van der Waals surface area contributed by atoms with E-state index in [0.717, 1.165) is 29.7 Å². The van der Waals surface area contributed by atoms with Gasteiger partial charge in [0.05, 0.1) is 33.1 Å². The number of morpholine rings is 1. The lowest BCUT2D eigenvalue weighted by Gasteiger charge is -2.45. The van der Waals surface area contributed by atoms with Crippen LogP contribution in [0.4, 0.5) is 0 Å². The molecular formula is C28H33N3O5. The Bertz CT molecular complexity index is 1150. The van der Waals surface area contributed by atoms with Crippen molar-refractivity contribution in [1.82, 2.24) is 5.01 Å². The van der Waals surface area contributed by atoms with Crippen molar-refractivity contribution < 1.29 is 23.7 Å². The van der Waals surface area contributed by atoms with Crippen LogP contribution >= 0.6 is 0 Å². The zero-order chi connectivity index (χ0) is 25.1. The van der Waals surface area contributed by atoms with Crippen molar-refractivity contribution in [3.05, 3.63) is 76.5 Å². The Labute approximate surface area is 211 Å². The lowest BCUT2D eigenvalue weighted by Crippen LogP contribution is -2.49. The predicted molar refractivity (Wildman–Crippen MR) is 137 cm³/mol. The Hall–Kier alpha value is -3.20. The number of ether oxygens (including phenoxy) is 3. The molecule has 36 heavy (non-hydrogen) atoms. The van der Waals surface area contributed by atoms with Crippen LogP contribution in [0.25, 0.3) is 0 Å². The van der Waals surface area contributed by atoms with Crippen LogP contribution in [0.3, 0.4) is 0 Å². The number of carbonyl (C=O) groups excluding carboxylic acids is 1. The van der Waals surface area contributed by atoms with Gasteiger partial charge in [-0.2, -0.15) is 5.10 Å². The molecule has 0 spiro atoms. The van der Waals surface area contributed by atoms with Crippen LogP contribution in [0, 0.1) is 17.0 Å². The molecule has 1 amide bonds. The van der Waals surface area contributed by atoms with E-state index in [9.17, 15) is 10.0 Å². The fourth-order valence-corrected chi connectivity index (χ4v) is 5.34. The van der Waals surface area contributed by atoms with Gasteiger partial charge < -0.3 is 24.1 Å². The Morgan fingerprint density at radius 1 is 1.06 bits per heavy atom. The standard InChI is InChI=1S/C28H33N3O5/c1-34-25-12-11-22(17-26(25)35-2)27-24-6-4-3-5-23(24)18-30(29-27)28(32)21-9-7-20(8-10-21)19-31(33)13-15-36-16-14-31/h3-4,7-12,17,23-24H,5-6,13-16,18-19H2,1-2H3. The first-order valence-electron chi connectivity index (χ1n) is 12.5. The lowest BCUT2D eigenvalue weighted by atomic mass is 9.77. The number of nitrogens with zero attached hydrogens (tertiary/aromatic N) is 3. The molecule has 1 fully saturated rings. The van der Waals surface area contributed by atoms with E-state index in [4.69, 9.17) is 19.3 Å².